The third-order valence-corrected chi connectivity index (χ3v) is 3.49. The first kappa shape index (κ1) is 16.8. The van der Waals surface area contributed by atoms with Crippen molar-refractivity contribution in [3.8, 4) is 5.75 Å². The summed E-state index contributed by atoms with van der Waals surface area (Å²) in [6.45, 7) is 0.138. The molecular weight excluding hydrogens is 300 g/mol. The van der Waals surface area contributed by atoms with Crippen LogP contribution in [0, 0.1) is 0 Å². The molecule has 116 valence electrons. The van der Waals surface area contributed by atoms with Gasteiger partial charge in [0.2, 0.25) is 0 Å². The molecule has 0 heterocycles. The zero-order valence-corrected chi connectivity index (χ0v) is 12.1. The van der Waals surface area contributed by atoms with Gasteiger partial charge in [-0.3, -0.25) is 0 Å². The minimum Gasteiger partial charge on any atom is -0.508 e. The third-order valence-electron chi connectivity index (χ3n) is 2.46. The Morgan fingerprint density at radius 3 is 2.52 bits per heavy atom. The lowest BCUT2D eigenvalue weighted by Gasteiger charge is -2.10. The van der Waals surface area contributed by atoms with Crippen LogP contribution in [0.3, 0.4) is 0 Å². The van der Waals surface area contributed by atoms with Gasteiger partial charge in [-0.05, 0) is 24.6 Å². The highest BCUT2D eigenvalue weighted by Gasteiger charge is 2.13. The predicted molar refractivity (Wildman–Crippen MR) is 76.4 cm³/mol. The number of hydrogen-bond donors (Lipinski definition) is 4. The molecule has 0 bridgehead atoms. The molecule has 0 saturated carbocycles. The van der Waals surface area contributed by atoms with Gasteiger partial charge in [0.1, 0.15) is 15.6 Å². The quantitative estimate of drug-likeness (QED) is 0.450. The fourth-order valence-electron chi connectivity index (χ4n) is 1.52. The van der Waals surface area contributed by atoms with Gasteiger partial charge in [0.25, 0.3) is 0 Å². The molecule has 0 aliphatic rings. The summed E-state index contributed by atoms with van der Waals surface area (Å²) >= 11 is 0. The molecule has 0 aliphatic carbocycles. The van der Waals surface area contributed by atoms with Crippen molar-refractivity contribution in [1.29, 1.82) is 0 Å². The average Bonchev–Trinajstić information content (AvgIpc) is 2.35. The summed E-state index contributed by atoms with van der Waals surface area (Å²) in [7, 11) is -3.08. The van der Waals surface area contributed by atoms with Crippen molar-refractivity contribution in [3.05, 3.63) is 23.8 Å². The zero-order chi connectivity index (χ0) is 16.0. The summed E-state index contributed by atoms with van der Waals surface area (Å²) < 4.78 is 21.8. The number of carbonyl (C=O) groups excluding carboxylic acids is 1. The van der Waals surface area contributed by atoms with Crippen LogP contribution in [0.5, 0.6) is 5.75 Å². The number of nitrogens with one attached hydrogen (secondary N) is 2. The molecule has 0 radical (unpaired) electrons. The molecule has 2 amide bonds. The molecule has 0 spiro atoms. The van der Waals surface area contributed by atoms with Gasteiger partial charge in [-0.15, -0.1) is 0 Å². The molecule has 0 aliphatic heterocycles. The van der Waals surface area contributed by atoms with E-state index in [1.807, 2.05) is 0 Å². The van der Waals surface area contributed by atoms with E-state index >= 15 is 0 Å². The molecule has 4 N–H and O–H groups in total. The fraction of sp³-hybridized carbons (Fsp3) is 0.333. The Labute approximate surface area is 121 Å². The van der Waals surface area contributed by atoms with Crippen LogP contribution in [0.15, 0.2) is 18.2 Å². The molecule has 0 saturated heterocycles. The third kappa shape index (κ3) is 6.13. The predicted octanol–water partition coefficient (Wildman–Crippen LogP) is 0.647. The Hall–Kier alpha value is -2.29. The van der Waals surface area contributed by atoms with Gasteiger partial charge in [-0.2, -0.15) is 0 Å². The number of phenols is 1. The number of anilines is 1. The first-order valence-corrected chi connectivity index (χ1v) is 8.04. The number of phenolic OH excluding ortho intramolecular Hbond substituents is 1. The highest BCUT2D eigenvalue weighted by molar-refractivity contribution is 7.90. The van der Waals surface area contributed by atoms with Crippen molar-refractivity contribution in [1.82, 2.24) is 5.32 Å². The molecule has 9 heteroatoms. The standard InChI is InChI=1S/C12H16N2O6S/c1-21(19,20)6-2-5-13-12(18)14-10-4-3-8(15)7-9(10)11(16)17/h3-4,7,15H,2,5-6H2,1H3,(H,16,17)(H2,13,14,18). The molecule has 0 atom stereocenters. The van der Waals surface area contributed by atoms with Crippen LogP contribution in [0.1, 0.15) is 16.8 Å². The Balaban J connectivity index is 2.57. The number of sulfone groups is 1. The van der Waals surface area contributed by atoms with E-state index in [1.54, 1.807) is 0 Å². The van der Waals surface area contributed by atoms with E-state index in [2.05, 4.69) is 10.6 Å². The Kier molecular flexibility index (Phi) is 5.53. The number of carbonyl (C=O) groups is 2. The van der Waals surface area contributed by atoms with Crippen LogP contribution in [-0.2, 0) is 9.84 Å². The summed E-state index contributed by atoms with van der Waals surface area (Å²) in [6, 6.07) is 2.86. The summed E-state index contributed by atoms with van der Waals surface area (Å²) in [5, 5.41) is 22.9. The molecular formula is C12H16N2O6S. The molecule has 0 unspecified atom stereocenters. The van der Waals surface area contributed by atoms with E-state index in [9.17, 15) is 23.1 Å². The second-order valence-corrected chi connectivity index (χ2v) is 6.66. The van der Waals surface area contributed by atoms with Gasteiger partial charge >= 0.3 is 12.0 Å². The Bertz CT molecular complexity index is 641. The van der Waals surface area contributed by atoms with Gasteiger partial charge in [0.15, 0.2) is 0 Å². The summed E-state index contributed by atoms with van der Waals surface area (Å²) in [5.41, 5.74) is -0.220. The smallest absolute Gasteiger partial charge is 0.337 e. The fourth-order valence-corrected chi connectivity index (χ4v) is 2.19. The van der Waals surface area contributed by atoms with Gasteiger partial charge in [-0.25, -0.2) is 18.0 Å². The van der Waals surface area contributed by atoms with Gasteiger partial charge in [0.05, 0.1) is 17.0 Å². The number of carboxylic acid groups (broad SMARTS) is 1. The lowest BCUT2D eigenvalue weighted by Crippen LogP contribution is -2.31. The van der Waals surface area contributed by atoms with Crippen LogP contribution < -0.4 is 10.6 Å². The van der Waals surface area contributed by atoms with Crippen molar-refractivity contribution in [3.63, 3.8) is 0 Å². The molecule has 1 aromatic rings. The van der Waals surface area contributed by atoms with Crippen LogP contribution in [-0.4, -0.2) is 49.2 Å². The van der Waals surface area contributed by atoms with E-state index in [4.69, 9.17) is 5.11 Å². The monoisotopic (exact) mass is 316 g/mol. The van der Waals surface area contributed by atoms with Crippen molar-refractivity contribution in [2.24, 2.45) is 0 Å². The second-order valence-electron chi connectivity index (χ2n) is 4.40. The number of aromatic carboxylic acids is 1. The topological polar surface area (TPSA) is 133 Å². The number of benzene rings is 1. The van der Waals surface area contributed by atoms with E-state index in [-0.39, 0.29) is 35.7 Å². The van der Waals surface area contributed by atoms with Gasteiger partial charge < -0.3 is 20.8 Å². The SMILES string of the molecule is CS(=O)(=O)CCCNC(=O)Nc1ccc(O)cc1C(=O)O. The zero-order valence-electron chi connectivity index (χ0n) is 11.3. The van der Waals surface area contributed by atoms with Crippen molar-refractivity contribution in [2.75, 3.05) is 23.9 Å². The van der Waals surface area contributed by atoms with Crippen LogP contribution in [0.25, 0.3) is 0 Å². The van der Waals surface area contributed by atoms with Gasteiger partial charge in [0, 0.05) is 12.8 Å². The minimum absolute atomic E-state index is 0.0286. The van der Waals surface area contributed by atoms with Gasteiger partial charge in [-0.1, -0.05) is 0 Å². The number of amides is 2. The molecule has 8 nitrogen and oxygen atoms in total. The molecule has 1 aromatic carbocycles. The molecule has 0 fully saturated rings. The largest absolute Gasteiger partial charge is 0.508 e. The summed E-state index contributed by atoms with van der Waals surface area (Å²) in [5.74, 6) is -1.57. The molecule has 21 heavy (non-hydrogen) atoms. The lowest BCUT2D eigenvalue weighted by molar-refractivity contribution is 0.0697. The number of hydrogen-bond acceptors (Lipinski definition) is 5. The first-order valence-electron chi connectivity index (χ1n) is 5.98. The van der Waals surface area contributed by atoms with Crippen molar-refractivity contribution in [2.45, 2.75) is 6.42 Å². The summed E-state index contributed by atoms with van der Waals surface area (Å²) in [4.78, 5) is 22.5. The maximum absolute atomic E-state index is 11.6. The maximum Gasteiger partial charge on any atom is 0.337 e. The molecule has 0 aromatic heterocycles. The van der Waals surface area contributed by atoms with E-state index in [0.29, 0.717) is 0 Å². The molecule has 1 rings (SSSR count). The van der Waals surface area contributed by atoms with E-state index < -0.39 is 21.8 Å². The number of aromatic hydroxyl groups is 1. The Morgan fingerprint density at radius 1 is 1.29 bits per heavy atom. The van der Waals surface area contributed by atoms with Crippen LogP contribution in [0.2, 0.25) is 0 Å². The average molecular weight is 316 g/mol. The van der Waals surface area contributed by atoms with Crippen LogP contribution in [0.4, 0.5) is 10.5 Å². The normalized spacial score (nSPS) is 10.9. The van der Waals surface area contributed by atoms with Crippen molar-refractivity contribution >= 4 is 27.5 Å². The van der Waals surface area contributed by atoms with E-state index in [1.165, 1.54) is 12.1 Å². The highest BCUT2D eigenvalue weighted by atomic mass is 32.2. The number of carboxylic acids is 1. The number of rotatable bonds is 6. The maximum atomic E-state index is 11.6. The lowest BCUT2D eigenvalue weighted by atomic mass is 10.1. The van der Waals surface area contributed by atoms with Crippen LogP contribution >= 0.6 is 0 Å². The minimum atomic E-state index is -3.08. The second kappa shape index (κ2) is 6.93. The highest BCUT2D eigenvalue weighted by Crippen LogP contribution is 2.21. The summed E-state index contributed by atoms with van der Waals surface area (Å²) in [6.07, 6.45) is 1.36. The Morgan fingerprint density at radius 2 is 1.95 bits per heavy atom. The number of urea groups is 1. The van der Waals surface area contributed by atoms with Crippen molar-refractivity contribution < 1.29 is 28.2 Å². The first-order chi connectivity index (χ1) is 9.69. The van der Waals surface area contributed by atoms with E-state index in [0.717, 1.165) is 12.3 Å².